The van der Waals surface area contributed by atoms with Crippen molar-refractivity contribution in [3.05, 3.63) is 47.5 Å². The Hall–Kier alpha value is -2.00. The number of hydrogen-bond donors (Lipinski definition) is 1. The molecule has 1 heterocycles. The fraction of sp³-hybridized carbons (Fsp3) is 0.0714. The fourth-order valence-electron chi connectivity index (χ4n) is 2.09. The highest BCUT2D eigenvalue weighted by molar-refractivity contribution is 6.33. The predicted molar refractivity (Wildman–Crippen MR) is 75.6 cm³/mol. The number of fused-ring (bicyclic) bond motifs is 1. The molecule has 2 aromatic carbocycles. The average molecular weight is 258 g/mol. The SMILES string of the molecule is Cn1c(-c2ccccc2Cl)nc2ccc(N)cc21. The Morgan fingerprint density at radius 2 is 1.94 bits per heavy atom. The maximum atomic E-state index is 6.21. The van der Waals surface area contributed by atoms with Crippen LogP contribution in [0.25, 0.3) is 22.4 Å². The minimum Gasteiger partial charge on any atom is -0.399 e. The number of benzene rings is 2. The molecule has 0 atom stereocenters. The number of nitrogens with two attached hydrogens (primary N) is 1. The van der Waals surface area contributed by atoms with Crippen LogP contribution >= 0.6 is 11.6 Å². The van der Waals surface area contributed by atoms with E-state index in [4.69, 9.17) is 17.3 Å². The van der Waals surface area contributed by atoms with Crippen LogP contribution in [0.2, 0.25) is 5.02 Å². The second kappa shape index (κ2) is 4.03. The molecule has 0 amide bonds. The molecule has 0 aliphatic rings. The summed E-state index contributed by atoms with van der Waals surface area (Å²) in [4.78, 5) is 4.61. The van der Waals surface area contributed by atoms with Crippen molar-refractivity contribution < 1.29 is 0 Å². The van der Waals surface area contributed by atoms with Crippen LogP contribution in [-0.2, 0) is 7.05 Å². The summed E-state index contributed by atoms with van der Waals surface area (Å²) < 4.78 is 2.01. The summed E-state index contributed by atoms with van der Waals surface area (Å²) in [5, 5.41) is 0.698. The maximum Gasteiger partial charge on any atom is 0.142 e. The molecule has 3 aromatic rings. The number of aromatic nitrogens is 2. The first-order valence-corrected chi connectivity index (χ1v) is 6.01. The van der Waals surface area contributed by atoms with Crippen LogP contribution in [-0.4, -0.2) is 9.55 Å². The first-order valence-electron chi connectivity index (χ1n) is 5.63. The number of rotatable bonds is 1. The van der Waals surface area contributed by atoms with E-state index in [1.165, 1.54) is 0 Å². The van der Waals surface area contributed by atoms with E-state index >= 15 is 0 Å². The van der Waals surface area contributed by atoms with Crippen molar-refractivity contribution in [1.82, 2.24) is 9.55 Å². The molecule has 90 valence electrons. The average Bonchev–Trinajstić information content (AvgIpc) is 2.68. The molecule has 18 heavy (non-hydrogen) atoms. The molecular formula is C14H12ClN3. The predicted octanol–water partition coefficient (Wildman–Crippen LogP) is 3.48. The van der Waals surface area contributed by atoms with Crippen LogP contribution in [0, 0.1) is 0 Å². The lowest BCUT2D eigenvalue weighted by molar-refractivity contribution is 0.959. The van der Waals surface area contributed by atoms with Gasteiger partial charge in [-0.3, -0.25) is 0 Å². The lowest BCUT2D eigenvalue weighted by Gasteiger charge is -2.04. The van der Waals surface area contributed by atoms with Gasteiger partial charge in [0.05, 0.1) is 16.1 Å². The third-order valence-corrected chi connectivity index (χ3v) is 3.35. The van der Waals surface area contributed by atoms with Crippen molar-refractivity contribution in [2.75, 3.05) is 5.73 Å². The Kier molecular flexibility index (Phi) is 2.49. The standard InChI is InChI=1S/C14H12ClN3/c1-18-13-8-9(16)6-7-12(13)17-14(18)10-4-2-3-5-11(10)15/h2-8H,16H2,1H3. The van der Waals surface area contributed by atoms with Crippen molar-refractivity contribution >= 4 is 28.3 Å². The molecule has 0 unspecified atom stereocenters. The molecule has 3 rings (SSSR count). The highest BCUT2D eigenvalue weighted by atomic mass is 35.5. The van der Waals surface area contributed by atoms with E-state index in [2.05, 4.69) is 4.98 Å². The van der Waals surface area contributed by atoms with E-state index in [-0.39, 0.29) is 0 Å². The van der Waals surface area contributed by atoms with E-state index in [0.29, 0.717) is 5.02 Å². The van der Waals surface area contributed by atoms with Gasteiger partial charge in [-0.25, -0.2) is 4.98 Å². The normalized spacial score (nSPS) is 11.0. The third-order valence-electron chi connectivity index (χ3n) is 3.02. The van der Waals surface area contributed by atoms with Crippen LogP contribution in [0.1, 0.15) is 0 Å². The van der Waals surface area contributed by atoms with Crippen LogP contribution in [0.3, 0.4) is 0 Å². The number of anilines is 1. The number of nitrogens with zero attached hydrogens (tertiary/aromatic N) is 2. The molecule has 0 fully saturated rings. The van der Waals surface area contributed by atoms with Crippen molar-refractivity contribution in [3.8, 4) is 11.4 Å². The van der Waals surface area contributed by atoms with Gasteiger partial charge in [-0.15, -0.1) is 0 Å². The van der Waals surface area contributed by atoms with E-state index < -0.39 is 0 Å². The van der Waals surface area contributed by atoms with Gasteiger partial charge in [0.1, 0.15) is 5.82 Å². The van der Waals surface area contributed by atoms with Crippen LogP contribution < -0.4 is 5.73 Å². The minimum atomic E-state index is 0.698. The van der Waals surface area contributed by atoms with Gasteiger partial charge < -0.3 is 10.3 Å². The van der Waals surface area contributed by atoms with Crippen molar-refractivity contribution in [1.29, 1.82) is 0 Å². The molecule has 0 radical (unpaired) electrons. The number of nitrogen functional groups attached to an aromatic ring is 1. The Morgan fingerprint density at radius 1 is 1.17 bits per heavy atom. The molecule has 1 aromatic heterocycles. The Balaban J connectivity index is 2.31. The lowest BCUT2D eigenvalue weighted by Crippen LogP contribution is -1.93. The molecule has 0 bridgehead atoms. The number of halogens is 1. The number of imidazole rings is 1. The van der Waals surface area contributed by atoms with Gasteiger partial charge in [0.2, 0.25) is 0 Å². The molecule has 0 aliphatic heterocycles. The molecule has 2 N–H and O–H groups in total. The van der Waals surface area contributed by atoms with Gasteiger partial charge in [0.15, 0.2) is 0 Å². The molecule has 0 aliphatic carbocycles. The summed E-state index contributed by atoms with van der Waals surface area (Å²) in [5.41, 5.74) is 9.39. The second-order valence-electron chi connectivity index (χ2n) is 4.22. The van der Waals surface area contributed by atoms with Gasteiger partial charge in [0.25, 0.3) is 0 Å². The van der Waals surface area contributed by atoms with Crippen LogP contribution in [0.4, 0.5) is 5.69 Å². The van der Waals surface area contributed by atoms with Crippen LogP contribution in [0.5, 0.6) is 0 Å². The zero-order valence-corrected chi connectivity index (χ0v) is 10.6. The zero-order chi connectivity index (χ0) is 12.7. The summed E-state index contributed by atoms with van der Waals surface area (Å²) in [6, 6.07) is 13.4. The van der Waals surface area contributed by atoms with Gasteiger partial charge in [0, 0.05) is 18.3 Å². The minimum absolute atomic E-state index is 0.698. The van der Waals surface area contributed by atoms with Gasteiger partial charge >= 0.3 is 0 Å². The zero-order valence-electron chi connectivity index (χ0n) is 9.89. The summed E-state index contributed by atoms with van der Waals surface area (Å²) in [5.74, 6) is 0.848. The molecule has 0 saturated heterocycles. The number of hydrogen-bond acceptors (Lipinski definition) is 2. The van der Waals surface area contributed by atoms with E-state index in [1.807, 2.05) is 54.1 Å². The molecule has 0 spiro atoms. The summed E-state index contributed by atoms with van der Waals surface area (Å²) in [6.45, 7) is 0. The van der Waals surface area contributed by atoms with Gasteiger partial charge in [-0.05, 0) is 30.3 Å². The number of aryl methyl sites for hydroxylation is 1. The topological polar surface area (TPSA) is 43.8 Å². The first-order chi connectivity index (χ1) is 8.66. The Labute approximate surface area is 110 Å². The summed E-state index contributed by atoms with van der Waals surface area (Å²) >= 11 is 6.21. The largest absolute Gasteiger partial charge is 0.399 e. The lowest BCUT2D eigenvalue weighted by atomic mass is 10.2. The van der Waals surface area contributed by atoms with Gasteiger partial charge in [-0.1, -0.05) is 23.7 Å². The highest BCUT2D eigenvalue weighted by Crippen LogP contribution is 2.29. The Morgan fingerprint density at radius 3 is 2.72 bits per heavy atom. The van der Waals surface area contributed by atoms with Gasteiger partial charge in [-0.2, -0.15) is 0 Å². The van der Waals surface area contributed by atoms with Crippen molar-refractivity contribution in [2.45, 2.75) is 0 Å². The molecule has 0 saturated carbocycles. The summed E-state index contributed by atoms with van der Waals surface area (Å²) in [7, 11) is 1.97. The molecule has 4 heteroatoms. The van der Waals surface area contributed by atoms with Crippen molar-refractivity contribution in [3.63, 3.8) is 0 Å². The second-order valence-corrected chi connectivity index (χ2v) is 4.63. The summed E-state index contributed by atoms with van der Waals surface area (Å²) in [6.07, 6.45) is 0. The monoisotopic (exact) mass is 257 g/mol. The molecular weight excluding hydrogens is 246 g/mol. The fourth-order valence-corrected chi connectivity index (χ4v) is 2.31. The third kappa shape index (κ3) is 1.64. The highest BCUT2D eigenvalue weighted by Gasteiger charge is 2.12. The van der Waals surface area contributed by atoms with Crippen LogP contribution in [0.15, 0.2) is 42.5 Å². The maximum absolute atomic E-state index is 6.21. The first kappa shape index (κ1) is 11.1. The smallest absolute Gasteiger partial charge is 0.142 e. The van der Waals surface area contributed by atoms with E-state index in [9.17, 15) is 0 Å². The van der Waals surface area contributed by atoms with Crippen molar-refractivity contribution in [2.24, 2.45) is 7.05 Å². The van der Waals surface area contributed by atoms with E-state index in [1.54, 1.807) is 0 Å². The Bertz CT molecular complexity index is 731. The van der Waals surface area contributed by atoms with E-state index in [0.717, 1.165) is 28.1 Å². The quantitative estimate of drug-likeness (QED) is 0.679. The molecule has 3 nitrogen and oxygen atoms in total.